The molecular weight excluding hydrogens is 402 g/mol. The Morgan fingerprint density at radius 1 is 0.900 bits per heavy atom. The molecule has 0 spiro atoms. The third-order valence-corrected chi connectivity index (χ3v) is 6.92. The van der Waals surface area contributed by atoms with Crippen LogP contribution < -0.4 is 15.4 Å². The van der Waals surface area contributed by atoms with Crippen molar-refractivity contribution in [3.63, 3.8) is 0 Å². The highest BCUT2D eigenvalue weighted by atomic mass is 32.2. The fraction of sp³-hybridized carbons (Fsp3) is 0.364. The lowest BCUT2D eigenvalue weighted by Gasteiger charge is -2.16. The Bertz CT molecular complexity index is 1030. The number of carbonyl (C=O) groups is 2. The summed E-state index contributed by atoms with van der Waals surface area (Å²) in [5, 5.41) is 5.30. The monoisotopic (exact) mass is 429 g/mol. The van der Waals surface area contributed by atoms with E-state index >= 15 is 0 Å². The number of aryl methyl sites for hydroxylation is 2. The van der Waals surface area contributed by atoms with Crippen molar-refractivity contribution >= 4 is 21.8 Å². The molecule has 0 bridgehead atoms. The maximum atomic E-state index is 12.3. The van der Waals surface area contributed by atoms with E-state index in [1.165, 1.54) is 11.6 Å². The number of carbonyl (C=O) groups excluding carboxylic acids is 2. The topological polar surface area (TPSA) is 104 Å². The summed E-state index contributed by atoms with van der Waals surface area (Å²) in [5.41, 5.74) is 3.03. The number of hydrogen-bond acceptors (Lipinski definition) is 4. The van der Waals surface area contributed by atoms with Crippen LogP contribution in [0.3, 0.4) is 0 Å². The molecular formula is C22H27N3O4S. The lowest BCUT2D eigenvalue weighted by atomic mass is 9.96. The van der Waals surface area contributed by atoms with Gasteiger partial charge in [-0.15, -0.1) is 0 Å². The van der Waals surface area contributed by atoms with E-state index in [9.17, 15) is 18.0 Å². The summed E-state index contributed by atoms with van der Waals surface area (Å²) < 4.78 is 26.9. The lowest BCUT2D eigenvalue weighted by molar-refractivity contribution is -0.125. The van der Waals surface area contributed by atoms with Crippen LogP contribution in [0.2, 0.25) is 0 Å². The van der Waals surface area contributed by atoms with Crippen LogP contribution in [0.15, 0.2) is 53.4 Å². The van der Waals surface area contributed by atoms with E-state index in [4.69, 9.17) is 0 Å². The average Bonchev–Trinajstić information content (AvgIpc) is 3.53. The van der Waals surface area contributed by atoms with Gasteiger partial charge < -0.3 is 10.6 Å². The minimum Gasteiger partial charge on any atom is -0.354 e. The van der Waals surface area contributed by atoms with Gasteiger partial charge in [0.1, 0.15) is 0 Å². The normalized spacial score (nSPS) is 14.7. The first-order valence-electron chi connectivity index (χ1n) is 9.88. The largest absolute Gasteiger partial charge is 0.354 e. The standard InChI is InChI=1S/C22H27N3O4S/c1-16-8-9-19(12-17(16)2)30(28,29)25-14-21(27)23-13-20(26)24-15-22(10-11-22)18-6-4-3-5-7-18/h3-9,12,25H,10-11,13-15H2,1-2H3,(H,23,27)(H,24,26). The van der Waals surface area contributed by atoms with Crippen molar-refractivity contribution in [2.24, 2.45) is 0 Å². The van der Waals surface area contributed by atoms with Gasteiger partial charge in [-0.1, -0.05) is 36.4 Å². The zero-order valence-corrected chi connectivity index (χ0v) is 18.0. The van der Waals surface area contributed by atoms with Gasteiger partial charge >= 0.3 is 0 Å². The first-order valence-corrected chi connectivity index (χ1v) is 11.4. The molecule has 30 heavy (non-hydrogen) atoms. The van der Waals surface area contributed by atoms with Crippen molar-refractivity contribution in [1.82, 2.24) is 15.4 Å². The van der Waals surface area contributed by atoms with Crippen LogP contribution in [0.1, 0.15) is 29.5 Å². The minimum absolute atomic E-state index is 0.0112. The Kier molecular flexibility index (Phi) is 6.58. The predicted molar refractivity (Wildman–Crippen MR) is 114 cm³/mol. The molecule has 3 N–H and O–H groups in total. The Hall–Kier alpha value is -2.71. The van der Waals surface area contributed by atoms with Gasteiger partial charge in [0.05, 0.1) is 18.0 Å². The van der Waals surface area contributed by atoms with E-state index in [2.05, 4.69) is 27.5 Å². The molecule has 2 aromatic rings. The molecule has 0 aliphatic heterocycles. The zero-order chi connectivity index (χ0) is 21.8. The first kappa shape index (κ1) is 22.0. The van der Waals surface area contributed by atoms with Crippen molar-refractivity contribution in [3.05, 3.63) is 65.2 Å². The van der Waals surface area contributed by atoms with Gasteiger partial charge in [0.2, 0.25) is 21.8 Å². The van der Waals surface area contributed by atoms with Gasteiger partial charge in [0, 0.05) is 12.0 Å². The highest BCUT2D eigenvalue weighted by molar-refractivity contribution is 7.89. The summed E-state index contributed by atoms with van der Waals surface area (Å²) in [7, 11) is -3.80. The molecule has 1 fully saturated rings. The molecule has 1 aliphatic rings. The van der Waals surface area contributed by atoms with Crippen LogP contribution in [0.25, 0.3) is 0 Å². The Balaban J connectivity index is 1.42. The zero-order valence-electron chi connectivity index (χ0n) is 17.2. The summed E-state index contributed by atoms with van der Waals surface area (Å²) in [5.74, 6) is -0.871. The Morgan fingerprint density at radius 3 is 2.20 bits per heavy atom. The fourth-order valence-electron chi connectivity index (χ4n) is 3.21. The predicted octanol–water partition coefficient (Wildman–Crippen LogP) is 1.55. The van der Waals surface area contributed by atoms with Crippen LogP contribution in [-0.4, -0.2) is 39.9 Å². The summed E-state index contributed by atoms with van der Waals surface area (Å²) in [6, 6.07) is 14.8. The third kappa shape index (κ3) is 5.46. The quantitative estimate of drug-likeness (QED) is 0.562. The van der Waals surface area contributed by atoms with Crippen molar-refractivity contribution in [2.75, 3.05) is 19.6 Å². The highest BCUT2D eigenvalue weighted by Crippen LogP contribution is 2.47. The lowest BCUT2D eigenvalue weighted by Crippen LogP contribution is -2.43. The minimum atomic E-state index is -3.80. The second-order valence-corrected chi connectivity index (χ2v) is 9.54. The number of sulfonamides is 1. The van der Waals surface area contributed by atoms with Crippen molar-refractivity contribution in [2.45, 2.75) is 37.0 Å². The van der Waals surface area contributed by atoms with Crippen LogP contribution in [-0.2, 0) is 25.0 Å². The van der Waals surface area contributed by atoms with Gasteiger partial charge in [0.15, 0.2) is 0 Å². The molecule has 0 saturated heterocycles. The summed E-state index contributed by atoms with van der Waals surface area (Å²) >= 11 is 0. The Labute approximate surface area is 177 Å². The van der Waals surface area contributed by atoms with Crippen LogP contribution in [0.5, 0.6) is 0 Å². The van der Waals surface area contributed by atoms with Gasteiger partial charge in [-0.2, -0.15) is 0 Å². The fourth-order valence-corrected chi connectivity index (χ4v) is 4.27. The molecule has 2 aromatic carbocycles. The van der Waals surface area contributed by atoms with Crippen molar-refractivity contribution < 1.29 is 18.0 Å². The molecule has 8 heteroatoms. The van der Waals surface area contributed by atoms with E-state index in [1.54, 1.807) is 12.1 Å². The number of benzene rings is 2. The molecule has 0 aromatic heterocycles. The summed E-state index contributed by atoms with van der Waals surface area (Å²) in [6.07, 6.45) is 2.04. The first-order chi connectivity index (χ1) is 14.2. The Morgan fingerprint density at radius 2 is 1.57 bits per heavy atom. The number of hydrogen-bond donors (Lipinski definition) is 3. The van der Waals surface area contributed by atoms with Crippen LogP contribution in [0, 0.1) is 13.8 Å². The molecule has 0 atom stereocenters. The number of nitrogens with one attached hydrogen (secondary N) is 3. The van der Waals surface area contributed by atoms with E-state index < -0.39 is 22.5 Å². The molecule has 7 nitrogen and oxygen atoms in total. The van der Waals surface area contributed by atoms with E-state index in [-0.39, 0.29) is 22.8 Å². The van der Waals surface area contributed by atoms with Crippen molar-refractivity contribution in [3.8, 4) is 0 Å². The maximum absolute atomic E-state index is 12.3. The van der Waals surface area contributed by atoms with Crippen LogP contribution >= 0.6 is 0 Å². The van der Waals surface area contributed by atoms with E-state index in [0.717, 1.165) is 24.0 Å². The second-order valence-electron chi connectivity index (χ2n) is 7.77. The number of rotatable bonds is 9. The molecule has 0 unspecified atom stereocenters. The highest BCUT2D eigenvalue weighted by Gasteiger charge is 2.44. The van der Waals surface area contributed by atoms with Crippen LogP contribution in [0.4, 0.5) is 0 Å². The second kappa shape index (κ2) is 8.97. The third-order valence-electron chi connectivity index (χ3n) is 5.52. The van der Waals surface area contributed by atoms with Crippen molar-refractivity contribution in [1.29, 1.82) is 0 Å². The smallest absolute Gasteiger partial charge is 0.241 e. The van der Waals surface area contributed by atoms with Gasteiger partial charge in [-0.05, 0) is 55.5 Å². The molecule has 3 rings (SSSR count). The molecule has 0 radical (unpaired) electrons. The van der Waals surface area contributed by atoms with E-state index in [0.29, 0.717) is 6.54 Å². The molecule has 160 valence electrons. The SMILES string of the molecule is Cc1ccc(S(=O)(=O)NCC(=O)NCC(=O)NCC2(c3ccccc3)CC2)cc1C. The molecule has 1 aliphatic carbocycles. The van der Waals surface area contributed by atoms with Gasteiger partial charge in [-0.25, -0.2) is 13.1 Å². The van der Waals surface area contributed by atoms with E-state index in [1.807, 2.05) is 32.0 Å². The average molecular weight is 430 g/mol. The summed E-state index contributed by atoms with van der Waals surface area (Å²) in [4.78, 5) is 24.1. The van der Waals surface area contributed by atoms with Gasteiger partial charge in [-0.3, -0.25) is 9.59 Å². The number of amides is 2. The summed E-state index contributed by atoms with van der Waals surface area (Å²) in [6.45, 7) is 3.60. The molecule has 0 heterocycles. The molecule has 1 saturated carbocycles. The molecule has 2 amide bonds. The van der Waals surface area contributed by atoms with Gasteiger partial charge in [0.25, 0.3) is 0 Å². The maximum Gasteiger partial charge on any atom is 0.241 e.